The largest absolute Gasteiger partial charge is 0.487 e. The van der Waals surface area contributed by atoms with E-state index in [9.17, 15) is 26.3 Å². The van der Waals surface area contributed by atoms with E-state index >= 15 is 8.78 Å². The monoisotopic (exact) mass is 671 g/mol. The number of hydrogen-bond acceptors (Lipinski definition) is 7. The van der Waals surface area contributed by atoms with Crippen LogP contribution in [-0.4, -0.2) is 78.1 Å². The molecule has 2 aromatic carbocycles. The molecule has 0 amide bonds. The molecule has 4 aliphatic heterocycles. The quantitative estimate of drug-likeness (QED) is 0.291. The van der Waals surface area contributed by atoms with E-state index in [4.69, 9.17) is 9.47 Å². The van der Waals surface area contributed by atoms with Gasteiger partial charge >= 0.3 is 12.2 Å². The van der Waals surface area contributed by atoms with Crippen LogP contribution in [0.4, 0.5) is 40.9 Å². The van der Waals surface area contributed by atoms with Gasteiger partial charge in [-0.2, -0.15) is 23.1 Å². The van der Waals surface area contributed by atoms with Gasteiger partial charge < -0.3 is 19.7 Å². The van der Waals surface area contributed by atoms with Gasteiger partial charge in [-0.25, -0.2) is 22.0 Å². The lowest BCUT2D eigenvalue weighted by molar-refractivity contribution is -0.137. The first-order valence-corrected chi connectivity index (χ1v) is 15.7. The molecule has 0 radical (unpaired) electrons. The van der Waals surface area contributed by atoms with Crippen LogP contribution in [0.15, 0.2) is 12.1 Å². The number of benzene rings is 2. The summed E-state index contributed by atoms with van der Waals surface area (Å²) in [5, 5.41) is 3.17. The summed E-state index contributed by atoms with van der Waals surface area (Å²) < 4.78 is 131. The Hall–Kier alpha value is -3.46. The zero-order valence-electron chi connectivity index (χ0n) is 25.7. The number of piperazine rings is 1. The van der Waals surface area contributed by atoms with Crippen LogP contribution in [0.25, 0.3) is 22.0 Å². The zero-order chi connectivity index (χ0) is 33.4. The fraction of sp³-hybridized carbons (Fsp3) is 0.562. The first kappa shape index (κ1) is 32.1. The fourth-order valence-electron chi connectivity index (χ4n) is 7.77. The Morgan fingerprint density at radius 2 is 1.94 bits per heavy atom. The molecule has 0 bridgehead atoms. The van der Waals surface area contributed by atoms with Gasteiger partial charge in [0.1, 0.15) is 30.7 Å². The van der Waals surface area contributed by atoms with E-state index in [0.717, 1.165) is 19.8 Å². The molecule has 4 aliphatic rings. The predicted molar refractivity (Wildman–Crippen MR) is 157 cm³/mol. The van der Waals surface area contributed by atoms with Crippen molar-refractivity contribution in [2.24, 2.45) is 0 Å². The summed E-state index contributed by atoms with van der Waals surface area (Å²) in [6, 6.07) is 0.341. The number of hydrogen-bond donors (Lipinski definition) is 1. The Balaban J connectivity index is 1.45. The van der Waals surface area contributed by atoms with Gasteiger partial charge in [-0.15, -0.1) is 0 Å². The second kappa shape index (κ2) is 11.6. The maximum Gasteiger partial charge on any atom is 0.417 e. The van der Waals surface area contributed by atoms with Crippen LogP contribution in [0, 0.1) is 18.6 Å². The third-order valence-electron chi connectivity index (χ3n) is 10.0. The number of aryl methyl sites for hydroxylation is 1. The number of aromatic nitrogens is 2. The minimum Gasteiger partial charge on any atom is -0.487 e. The highest BCUT2D eigenvalue weighted by Crippen LogP contribution is 2.49. The number of anilines is 1. The van der Waals surface area contributed by atoms with Gasteiger partial charge in [0.2, 0.25) is 0 Å². The summed E-state index contributed by atoms with van der Waals surface area (Å²) in [5.41, 5.74) is -6.40. The van der Waals surface area contributed by atoms with Crippen molar-refractivity contribution < 1.29 is 44.6 Å². The Labute approximate surface area is 265 Å². The normalized spacial score (nSPS) is 26.0. The van der Waals surface area contributed by atoms with Gasteiger partial charge in [-0.05, 0) is 50.4 Å². The van der Waals surface area contributed by atoms with Gasteiger partial charge in [0.15, 0.2) is 17.4 Å². The van der Waals surface area contributed by atoms with Crippen molar-refractivity contribution >= 4 is 16.7 Å². The number of fused-ring (bicyclic) bond motifs is 3. The predicted octanol–water partition coefficient (Wildman–Crippen LogP) is 6.74. The summed E-state index contributed by atoms with van der Waals surface area (Å²) in [7, 11) is 0. The molecule has 15 heteroatoms. The summed E-state index contributed by atoms with van der Waals surface area (Å²) in [6.07, 6.45) is -6.96. The zero-order valence-corrected chi connectivity index (χ0v) is 25.7. The van der Waals surface area contributed by atoms with Gasteiger partial charge in [0.25, 0.3) is 6.43 Å². The Morgan fingerprint density at radius 1 is 1.15 bits per heavy atom. The molecule has 3 saturated heterocycles. The lowest BCUT2D eigenvalue weighted by atomic mass is 9.91. The first-order chi connectivity index (χ1) is 22.3. The number of rotatable bonds is 6. The van der Waals surface area contributed by atoms with E-state index in [1.165, 1.54) is 0 Å². The summed E-state index contributed by atoms with van der Waals surface area (Å²) in [6.45, 7) is 4.47. The van der Waals surface area contributed by atoms with Crippen LogP contribution < -0.4 is 19.7 Å². The maximum atomic E-state index is 16.8. The highest BCUT2D eigenvalue weighted by Gasteiger charge is 2.49. The molecule has 4 atom stereocenters. The van der Waals surface area contributed by atoms with Crippen molar-refractivity contribution in [3.63, 3.8) is 0 Å². The molecule has 3 aromatic rings. The second-order valence-electron chi connectivity index (χ2n) is 12.9. The van der Waals surface area contributed by atoms with Gasteiger partial charge in [-0.1, -0.05) is 6.92 Å². The van der Waals surface area contributed by atoms with Crippen LogP contribution in [0.3, 0.4) is 0 Å². The van der Waals surface area contributed by atoms with E-state index < -0.39 is 81.1 Å². The van der Waals surface area contributed by atoms with E-state index in [-0.39, 0.29) is 49.4 Å². The summed E-state index contributed by atoms with van der Waals surface area (Å²) >= 11 is 0. The van der Waals surface area contributed by atoms with Crippen LogP contribution >= 0.6 is 0 Å². The Bertz CT molecular complexity index is 1720. The molecule has 3 fully saturated rings. The SMILES string of the molecule is CC[C@@H]1CN2c3nc(OC[C@@]45CCCN4C[C@H](F)C5)nc4c(F)c(-c5cc(C(F)F)cc(C)c5C(F)(F)F)c(F)c(c34)OC[C@@H]2CN1. The molecule has 47 heavy (non-hydrogen) atoms. The molecule has 0 spiro atoms. The lowest BCUT2D eigenvalue weighted by Gasteiger charge is -2.39. The molecule has 1 aromatic heterocycles. The van der Waals surface area contributed by atoms with Gasteiger partial charge in [0, 0.05) is 43.2 Å². The topological polar surface area (TPSA) is 62.8 Å². The first-order valence-electron chi connectivity index (χ1n) is 15.7. The van der Waals surface area contributed by atoms with Crippen molar-refractivity contribution in [3.8, 4) is 22.9 Å². The van der Waals surface area contributed by atoms with Crippen molar-refractivity contribution in [1.82, 2.24) is 20.2 Å². The lowest BCUT2D eigenvalue weighted by Crippen LogP contribution is -2.58. The van der Waals surface area contributed by atoms with E-state index in [0.29, 0.717) is 38.2 Å². The number of alkyl halides is 6. The average Bonchev–Trinajstić information content (AvgIpc) is 3.48. The molecule has 0 unspecified atom stereocenters. The van der Waals surface area contributed by atoms with Crippen LogP contribution in [0.1, 0.15) is 55.7 Å². The standard InChI is InChI=1S/C32H33F8N5O2/c1-3-18-12-45-19(10-41-18)13-46-27-22-26(42-30(43-29(22)45)47-14-31-5-4-6-44(31)11-17(33)9-31)24(34)21(25(27)35)20-8-16(28(36)37)7-15(2)23(20)32(38,39)40/h7-8,17-19,28,41H,3-6,9-14H2,1-2H3/t17-,18-,19+,31+/m1/s1. The van der Waals surface area contributed by atoms with Crippen LogP contribution in [-0.2, 0) is 6.18 Å². The highest BCUT2D eigenvalue weighted by atomic mass is 19.4. The molecular weight excluding hydrogens is 638 g/mol. The Kier molecular flexibility index (Phi) is 7.93. The molecule has 0 saturated carbocycles. The second-order valence-corrected chi connectivity index (χ2v) is 12.9. The fourth-order valence-corrected chi connectivity index (χ4v) is 7.77. The number of nitrogens with zero attached hydrogens (tertiary/aromatic N) is 4. The van der Waals surface area contributed by atoms with Crippen LogP contribution in [0.2, 0.25) is 0 Å². The van der Waals surface area contributed by atoms with Crippen molar-refractivity contribution in [1.29, 1.82) is 0 Å². The third-order valence-corrected chi connectivity index (χ3v) is 10.0. The van der Waals surface area contributed by atoms with Crippen molar-refractivity contribution in [2.75, 3.05) is 44.3 Å². The van der Waals surface area contributed by atoms with Crippen molar-refractivity contribution in [3.05, 3.63) is 40.5 Å². The van der Waals surface area contributed by atoms with E-state index in [2.05, 4.69) is 15.3 Å². The number of nitrogens with one attached hydrogen (secondary N) is 1. The average molecular weight is 672 g/mol. The molecule has 254 valence electrons. The minimum absolute atomic E-state index is 0.0172. The summed E-state index contributed by atoms with van der Waals surface area (Å²) in [4.78, 5) is 12.7. The molecule has 7 rings (SSSR count). The van der Waals surface area contributed by atoms with Gasteiger partial charge in [-0.3, -0.25) is 4.90 Å². The smallest absolute Gasteiger partial charge is 0.417 e. The molecule has 0 aliphatic carbocycles. The van der Waals surface area contributed by atoms with E-state index in [1.54, 1.807) is 0 Å². The van der Waals surface area contributed by atoms with Gasteiger partial charge in [0.05, 0.1) is 28.1 Å². The molecular formula is C32H33F8N5O2. The summed E-state index contributed by atoms with van der Waals surface area (Å²) in [5.74, 6) is -3.48. The minimum atomic E-state index is -5.14. The molecule has 7 nitrogen and oxygen atoms in total. The Morgan fingerprint density at radius 3 is 2.66 bits per heavy atom. The highest BCUT2D eigenvalue weighted by molar-refractivity contribution is 6.00. The van der Waals surface area contributed by atoms with E-state index in [1.807, 2.05) is 16.7 Å². The van der Waals surface area contributed by atoms with Crippen molar-refractivity contribution in [2.45, 2.75) is 75.9 Å². The molecule has 5 heterocycles. The third kappa shape index (κ3) is 5.33. The maximum absolute atomic E-state index is 16.8. The molecule has 1 N–H and O–H groups in total. The van der Waals surface area contributed by atoms with Crippen LogP contribution in [0.5, 0.6) is 11.8 Å². The number of halogens is 8. The number of ether oxygens (including phenoxy) is 2.